The lowest BCUT2D eigenvalue weighted by molar-refractivity contribution is -0.137. The first-order valence-electron chi connectivity index (χ1n) is 8.63. The summed E-state index contributed by atoms with van der Waals surface area (Å²) in [5, 5.41) is 2.43. The lowest BCUT2D eigenvalue weighted by Crippen LogP contribution is -2.21. The third-order valence-electron chi connectivity index (χ3n) is 4.04. The number of hydrogen-bond acceptors (Lipinski definition) is 2. The van der Waals surface area contributed by atoms with E-state index in [-0.39, 0.29) is 12.3 Å². The number of carbonyl (C=O) groups is 1. The van der Waals surface area contributed by atoms with Crippen molar-refractivity contribution in [3.63, 3.8) is 0 Å². The van der Waals surface area contributed by atoms with Crippen molar-refractivity contribution in [1.82, 2.24) is 0 Å². The van der Waals surface area contributed by atoms with E-state index in [0.29, 0.717) is 12.2 Å². The van der Waals surface area contributed by atoms with Gasteiger partial charge in [-0.15, -0.1) is 0 Å². The average Bonchev–Trinajstić information content (AvgIpc) is 2.68. The normalized spacial score (nSPS) is 11.1. The third kappa shape index (κ3) is 5.36. The van der Waals surface area contributed by atoms with Gasteiger partial charge < -0.3 is 10.1 Å². The summed E-state index contributed by atoms with van der Waals surface area (Å²) in [4.78, 5) is 12.1. The number of para-hydroxylation sites is 1. The Balaban J connectivity index is 1.62. The molecule has 0 aliphatic heterocycles. The van der Waals surface area contributed by atoms with E-state index in [0.717, 1.165) is 23.3 Å². The molecule has 3 aromatic carbocycles. The number of benzene rings is 3. The summed E-state index contributed by atoms with van der Waals surface area (Å²) >= 11 is 0. The van der Waals surface area contributed by atoms with Crippen LogP contribution in [0.4, 0.5) is 18.9 Å². The molecule has 1 amide bonds. The molecule has 0 aromatic heterocycles. The van der Waals surface area contributed by atoms with Crippen LogP contribution in [-0.4, -0.2) is 12.5 Å². The van der Waals surface area contributed by atoms with Crippen molar-refractivity contribution < 1.29 is 22.7 Å². The van der Waals surface area contributed by atoms with E-state index < -0.39 is 17.6 Å². The molecule has 0 fully saturated rings. The van der Waals surface area contributed by atoms with Gasteiger partial charge in [0, 0.05) is 12.1 Å². The van der Waals surface area contributed by atoms with Gasteiger partial charge in [0.05, 0.1) is 5.56 Å². The van der Waals surface area contributed by atoms with Crippen LogP contribution in [0.5, 0.6) is 5.75 Å². The molecule has 6 heteroatoms. The monoisotopic (exact) mass is 385 g/mol. The summed E-state index contributed by atoms with van der Waals surface area (Å²) in [5.41, 5.74) is 1.27. The van der Waals surface area contributed by atoms with E-state index in [1.54, 1.807) is 12.1 Å². The van der Waals surface area contributed by atoms with Crippen molar-refractivity contribution in [3.8, 4) is 5.75 Å². The van der Waals surface area contributed by atoms with Crippen LogP contribution in [-0.2, 0) is 17.4 Å². The number of amides is 1. The molecule has 0 unspecified atom stereocenters. The van der Waals surface area contributed by atoms with Gasteiger partial charge in [-0.3, -0.25) is 4.79 Å². The minimum Gasteiger partial charge on any atom is -0.483 e. The van der Waals surface area contributed by atoms with Crippen LogP contribution in [0.15, 0.2) is 78.9 Å². The van der Waals surface area contributed by atoms with Crippen molar-refractivity contribution in [2.24, 2.45) is 0 Å². The van der Waals surface area contributed by atoms with E-state index in [2.05, 4.69) is 5.32 Å². The van der Waals surface area contributed by atoms with E-state index in [9.17, 15) is 18.0 Å². The lowest BCUT2D eigenvalue weighted by Gasteiger charge is -2.13. The zero-order chi connectivity index (χ0) is 20.0. The van der Waals surface area contributed by atoms with Crippen LogP contribution >= 0.6 is 0 Å². The zero-order valence-corrected chi connectivity index (χ0v) is 14.9. The van der Waals surface area contributed by atoms with Crippen molar-refractivity contribution in [2.45, 2.75) is 12.6 Å². The topological polar surface area (TPSA) is 38.3 Å². The Hall–Kier alpha value is -3.28. The predicted octanol–water partition coefficient (Wildman–Crippen LogP) is 5.31. The van der Waals surface area contributed by atoms with E-state index in [1.807, 2.05) is 42.5 Å². The van der Waals surface area contributed by atoms with Gasteiger partial charge in [-0.25, -0.2) is 0 Å². The highest BCUT2D eigenvalue weighted by atomic mass is 19.4. The summed E-state index contributed by atoms with van der Waals surface area (Å²) in [6.07, 6.45) is -3.82. The van der Waals surface area contributed by atoms with Gasteiger partial charge in [0.1, 0.15) is 5.75 Å². The van der Waals surface area contributed by atoms with Gasteiger partial charge in [0.15, 0.2) is 6.61 Å². The number of carbonyl (C=O) groups excluding carboxylic acids is 1. The molecule has 28 heavy (non-hydrogen) atoms. The molecule has 0 saturated carbocycles. The molecule has 0 aliphatic rings. The molecule has 0 saturated heterocycles. The summed E-state index contributed by atoms with van der Waals surface area (Å²) in [5.74, 6) is 0.0272. The first kappa shape index (κ1) is 19.5. The lowest BCUT2D eigenvalue weighted by atomic mass is 10.0. The maximum Gasteiger partial charge on any atom is 0.416 e. The summed E-state index contributed by atoms with van der Waals surface area (Å²) in [6.45, 7) is -0.304. The third-order valence-corrected chi connectivity index (χ3v) is 4.04. The first-order valence-corrected chi connectivity index (χ1v) is 8.63. The summed E-state index contributed by atoms with van der Waals surface area (Å²) in [7, 11) is 0. The SMILES string of the molecule is O=C(COc1ccccc1Cc1ccccc1)Nc1cccc(C(F)(F)F)c1. The van der Waals surface area contributed by atoms with Gasteiger partial charge in [-0.05, 0) is 35.4 Å². The number of rotatable bonds is 6. The Morgan fingerprint density at radius 2 is 1.61 bits per heavy atom. The molecular formula is C22H18F3NO2. The largest absolute Gasteiger partial charge is 0.483 e. The van der Waals surface area contributed by atoms with Crippen LogP contribution in [0.3, 0.4) is 0 Å². The van der Waals surface area contributed by atoms with Crippen molar-refractivity contribution in [3.05, 3.63) is 95.6 Å². The Kier molecular flexibility index (Phi) is 5.99. The predicted molar refractivity (Wildman–Crippen MR) is 101 cm³/mol. The van der Waals surface area contributed by atoms with Gasteiger partial charge >= 0.3 is 6.18 Å². The molecular weight excluding hydrogens is 367 g/mol. The highest BCUT2D eigenvalue weighted by Gasteiger charge is 2.30. The molecule has 0 atom stereocenters. The van der Waals surface area contributed by atoms with E-state index >= 15 is 0 Å². The molecule has 3 nitrogen and oxygen atoms in total. The second-order valence-corrected chi connectivity index (χ2v) is 6.19. The standard InChI is InChI=1S/C22H18F3NO2/c23-22(24,25)18-10-6-11-19(14-18)26-21(27)15-28-20-12-5-4-9-17(20)13-16-7-2-1-3-8-16/h1-12,14H,13,15H2,(H,26,27). The fraction of sp³-hybridized carbons (Fsp3) is 0.136. The highest BCUT2D eigenvalue weighted by Crippen LogP contribution is 2.30. The maximum atomic E-state index is 12.8. The number of anilines is 1. The number of halogens is 3. The number of ether oxygens (including phenoxy) is 1. The molecule has 3 aromatic rings. The molecule has 0 bridgehead atoms. The molecule has 0 spiro atoms. The molecule has 0 heterocycles. The van der Waals surface area contributed by atoms with Crippen LogP contribution < -0.4 is 10.1 Å². The highest BCUT2D eigenvalue weighted by molar-refractivity contribution is 5.92. The van der Waals surface area contributed by atoms with Crippen LogP contribution in [0, 0.1) is 0 Å². The Labute approximate surface area is 160 Å². The van der Waals surface area contributed by atoms with Crippen molar-refractivity contribution in [1.29, 1.82) is 0 Å². The number of nitrogens with one attached hydrogen (secondary N) is 1. The Bertz CT molecular complexity index is 940. The molecule has 144 valence electrons. The zero-order valence-electron chi connectivity index (χ0n) is 14.9. The first-order chi connectivity index (χ1) is 13.4. The quantitative estimate of drug-likeness (QED) is 0.624. The maximum absolute atomic E-state index is 12.8. The molecule has 3 rings (SSSR count). The molecule has 0 aliphatic carbocycles. The van der Waals surface area contributed by atoms with E-state index in [4.69, 9.17) is 4.74 Å². The van der Waals surface area contributed by atoms with Crippen LogP contribution in [0.2, 0.25) is 0 Å². The number of hydrogen-bond donors (Lipinski definition) is 1. The molecule has 0 radical (unpaired) electrons. The molecule has 1 N–H and O–H groups in total. The Morgan fingerprint density at radius 3 is 2.36 bits per heavy atom. The summed E-state index contributed by atoms with van der Waals surface area (Å²) < 4.78 is 43.9. The minimum atomic E-state index is -4.46. The second-order valence-electron chi connectivity index (χ2n) is 6.19. The van der Waals surface area contributed by atoms with Gasteiger partial charge in [0.25, 0.3) is 5.91 Å². The second kappa shape index (κ2) is 8.61. The van der Waals surface area contributed by atoms with Crippen LogP contribution in [0.25, 0.3) is 0 Å². The van der Waals surface area contributed by atoms with Gasteiger partial charge in [0.2, 0.25) is 0 Å². The fourth-order valence-corrected chi connectivity index (χ4v) is 2.72. The van der Waals surface area contributed by atoms with Crippen molar-refractivity contribution >= 4 is 11.6 Å². The van der Waals surface area contributed by atoms with Gasteiger partial charge in [-0.2, -0.15) is 13.2 Å². The van der Waals surface area contributed by atoms with E-state index in [1.165, 1.54) is 12.1 Å². The number of alkyl halides is 3. The Morgan fingerprint density at radius 1 is 0.893 bits per heavy atom. The van der Waals surface area contributed by atoms with Crippen molar-refractivity contribution in [2.75, 3.05) is 11.9 Å². The minimum absolute atomic E-state index is 0.0704. The summed E-state index contributed by atoms with van der Waals surface area (Å²) in [6, 6.07) is 21.7. The fourth-order valence-electron chi connectivity index (χ4n) is 2.72. The van der Waals surface area contributed by atoms with Crippen LogP contribution in [0.1, 0.15) is 16.7 Å². The average molecular weight is 385 g/mol. The van der Waals surface area contributed by atoms with Gasteiger partial charge in [-0.1, -0.05) is 54.6 Å². The smallest absolute Gasteiger partial charge is 0.416 e.